The Hall–Kier alpha value is -3.16. The molecule has 1 aliphatic rings. The maximum Gasteiger partial charge on any atom is 0.235 e. The summed E-state index contributed by atoms with van der Waals surface area (Å²) in [5.74, 6) is -1.29. The van der Waals surface area contributed by atoms with Gasteiger partial charge >= 0.3 is 0 Å². The molecule has 0 unspecified atom stereocenters. The van der Waals surface area contributed by atoms with Crippen molar-refractivity contribution in [3.8, 4) is 5.69 Å². The van der Waals surface area contributed by atoms with Crippen LogP contribution >= 0.6 is 0 Å². The Morgan fingerprint density at radius 1 is 1.11 bits per heavy atom. The fraction of sp³-hybridized carbons (Fsp3) is 0.263. The molecule has 1 heterocycles. The molecule has 0 atom stereocenters. The van der Waals surface area contributed by atoms with Crippen molar-refractivity contribution >= 4 is 11.6 Å². The molecule has 0 spiro atoms. The van der Waals surface area contributed by atoms with Gasteiger partial charge in [-0.05, 0) is 59.2 Å². The van der Waals surface area contributed by atoms with Crippen LogP contribution in [0.5, 0.6) is 0 Å². The fourth-order valence-electron chi connectivity index (χ4n) is 3.68. The second-order valence-corrected chi connectivity index (χ2v) is 6.67. The summed E-state index contributed by atoms with van der Waals surface area (Å²) in [6, 6.07) is 10.3. The molecular formula is C19H17F2N5O. The number of hydrogen-bond acceptors (Lipinski definition) is 4. The second kappa shape index (κ2) is 6.86. The molecule has 2 aromatic carbocycles. The summed E-state index contributed by atoms with van der Waals surface area (Å²) in [4.78, 5) is 13.2. The van der Waals surface area contributed by atoms with Gasteiger partial charge in [-0.3, -0.25) is 4.79 Å². The van der Waals surface area contributed by atoms with Crippen molar-refractivity contribution in [1.82, 2.24) is 20.2 Å². The molecule has 1 fully saturated rings. The van der Waals surface area contributed by atoms with Crippen LogP contribution in [0.3, 0.4) is 0 Å². The van der Waals surface area contributed by atoms with Gasteiger partial charge in [0.25, 0.3) is 0 Å². The first kappa shape index (κ1) is 17.3. The van der Waals surface area contributed by atoms with Gasteiger partial charge in [-0.2, -0.15) is 0 Å². The van der Waals surface area contributed by atoms with E-state index in [0.717, 1.165) is 12.8 Å². The summed E-state index contributed by atoms with van der Waals surface area (Å²) < 4.78 is 29.4. The minimum atomic E-state index is -0.862. The smallest absolute Gasteiger partial charge is 0.235 e. The first-order chi connectivity index (χ1) is 13.1. The molecule has 0 radical (unpaired) electrons. The van der Waals surface area contributed by atoms with Crippen molar-refractivity contribution in [3.05, 3.63) is 66.0 Å². The summed E-state index contributed by atoms with van der Waals surface area (Å²) in [5, 5.41) is 13.6. The van der Waals surface area contributed by atoms with Gasteiger partial charge in [0.2, 0.25) is 5.91 Å². The Bertz CT molecular complexity index is 968. The van der Waals surface area contributed by atoms with E-state index in [-0.39, 0.29) is 11.6 Å². The number of halogens is 2. The molecule has 27 heavy (non-hydrogen) atoms. The van der Waals surface area contributed by atoms with Crippen LogP contribution < -0.4 is 5.32 Å². The van der Waals surface area contributed by atoms with Crippen molar-refractivity contribution in [2.45, 2.75) is 31.1 Å². The van der Waals surface area contributed by atoms with Crippen LogP contribution in [0.25, 0.3) is 5.69 Å². The van der Waals surface area contributed by atoms with E-state index in [2.05, 4.69) is 20.8 Å². The Labute approximate surface area is 154 Å². The minimum absolute atomic E-state index is 0.0377. The molecule has 0 bridgehead atoms. The van der Waals surface area contributed by atoms with Gasteiger partial charge in [-0.1, -0.05) is 25.0 Å². The Kier molecular flexibility index (Phi) is 4.39. The molecule has 3 aromatic rings. The molecule has 1 saturated carbocycles. The molecule has 6 nitrogen and oxygen atoms in total. The van der Waals surface area contributed by atoms with Crippen LogP contribution in [0, 0.1) is 11.6 Å². The first-order valence-electron chi connectivity index (χ1n) is 8.69. The fourth-order valence-corrected chi connectivity index (χ4v) is 3.68. The molecule has 1 aromatic heterocycles. The number of carbonyl (C=O) groups is 1. The van der Waals surface area contributed by atoms with Crippen molar-refractivity contribution in [3.63, 3.8) is 0 Å². The number of benzene rings is 2. The molecule has 1 N–H and O–H groups in total. The van der Waals surface area contributed by atoms with Gasteiger partial charge in [0, 0.05) is 0 Å². The number of aromatic nitrogens is 4. The SMILES string of the molecule is O=C(Nc1cc(-n2cnnn2)ccc1F)C1(c2cccc(F)c2)CCCC1. The maximum absolute atomic E-state index is 14.3. The molecule has 8 heteroatoms. The van der Waals surface area contributed by atoms with Gasteiger partial charge in [0.1, 0.15) is 18.0 Å². The predicted octanol–water partition coefficient (Wildman–Crippen LogP) is 3.39. The van der Waals surface area contributed by atoms with Gasteiger partial charge in [-0.25, -0.2) is 13.5 Å². The average Bonchev–Trinajstić information content (AvgIpc) is 3.36. The first-order valence-corrected chi connectivity index (χ1v) is 8.69. The maximum atomic E-state index is 14.3. The van der Waals surface area contributed by atoms with E-state index in [1.165, 1.54) is 41.3 Å². The van der Waals surface area contributed by atoms with E-state index < -0.39 is 17.0 Å². The third-order valence-electron chi connectivity index (χ3n) is 5.08. The highest BCUT2D eigenvalue weighted by Gasteiger charge is 2.43. The van der Waals surface area contributed by atoms with Crippen molar-refractivity contribution in [2.75, 3.05) is 5.32 Å². The van der Waals surface area contributed by atoms with E-state index in [9.17, 15) is 13.6 Å². The third-order valence-corrected chi connectivity index (χ3v) is 5.08. The lowest BCUT2D eigenvalue weighted by Gasteiger charge is -2.28. The van der Waals surface area contributed by atoms with E-state index in [0.29, 0.717) is 24.1 Å². The van der Waals surface area contributed by atoms with Crippen molar-refractivity contribution < 1.29 is 13.6 Å². The van der Waals surface area contributed by atoms with Crippen LogP contribution in [0.15, 0.2) is 48.8 Å². The van der Waals surface area contributed by atoms with Crippen LogP contribution in [0.4, 0.5) is 14.5 Å². The van der Waals surface area contributed by atoms with Gasteiger partial charge in [-0.15, -0.1) is 5.10 Å². The number of nitrogens with one attached hydrogen (secondary N) is 1. The molecule has 0 aliphatic heterocycles. The highest BCUT2D eigenvalue weighted by Crippen LogP contribution is 2.42. The highest BCUT2D eigenvalue weighted by molar-refractivity contribution is 5.99. The van der Waals surface area contributed by atoms with Crippen LogP contribution in [-0.2, 0) is 10.2 Å². The second-order valence-electron chi connectivity index (χ2n) is 6.67. The zero-order valence-corrected chi connectivity index (χ0v) is 14.4. The van der Waals surface area contributed by atoms with E-state index in [4.69, 9.17) is 0 Å². The number of amides is 1. The van der Waals surface area contributed by atoms with Gasteiger partial charge < -0.3 is 5.32 Å². The van der Waals surface area contributed by atoms with Crippen molar-refractivity contribution in [1.29, 1.82) is 0 Å². The van der Waals surface area contributed by atoms with Crippen LogP contribution in [0.1, 0.15) is 31.2 Å². The molecule has 1 amide bonds. The van der Waals surface area contributed by atoms with Crippen LogP contribution in [0.2, 0.25) is 0 Å². The number of nitrogens with zero attached hydrogens (tertiary/aromatic N) is 4. The third kappa shape index (κ3) is 3.18. The number of carbonyl (C=O) groups excluding carboxylic acids is 1. The molecular weight excluding hydrogens is 352 g/mol. The molecule has 0 saturated heterocycles. The summed E-state index contributed by atoms with van der Waals surface area (Å²) in [6.45, 7) is 0. The lowest BCUT2D eigenvalue weighted by Crippen LogP contribution is -2.38. The Morgan fingerprint density at radius 2 is 1.93 bits per heavy atom. The Balaban J connectivity index is 1.67. The zero-order chi connectivity index (χ0) is 18.9. The Morgan fingerprint density at radius 3 is 2.63 bits per heavy atom. The summed E-state index contributed by atoms with van der Waals surface area (Å²) >= 11 is 0. The summed E-state index contributed by atoms with van der Waals surface area (Å²) in [6.07, 6.45) is 4.28. The molecule has 4 rings (SSSR count). The van der Waals surface area contributed by atoms with E-state index in [1.807, 2.05) is 0 Å². The number of tetrazole rings is 1. The summed E-state index contributed by atoms with van der Waals surface area (Å²) in [5.41, 5.74) is 0.312. The number of anilines is 1. The largest absolute Gasteiger partial charge is 0.323 e. The topological polar surface area (TPSA) is 72.7 Å². The quantitative estimate of drug-likeness (QED) is 0.765. The lowest BCUT2D eigenvalue weighted by atomic mass is 9.78. The minimum Gasteiger partial charge on any atom is -0.323 e. The highest BCUT2D eigenvalue weighted by atomic mass is 19.1. The zero-order valence-electron chi connectivity index (χ0n) is 14.4. The lowest BCUT2D eigenvalue weighted by molar-refractivity contribution is -0.121. The monoisotopic (exact) mass is 369 g/mol. The van der Waals surface area contributed by atoms with Gasteiger partial charge in [0.05, 0.1) is 16.8 Å². The predicted molar refractivity (Wildman–Crippen MR) is 94.3 cm³/mol. The van der Waals surface area contributed by atoms with Crippen LogP contribution in [-0.4, -0.2) is 26.1 Å². The van der Waals surface area contributed by atoms with E-state index in [1.54, 1.807) is 12.1 Å². The van der Waals surface area contributed by atoms with Gasteiger partial charge in [0.15, 0.2) is 0 Å². The van der Waals surface area contributed by atoms with E-state index >= 15 is 0 Å². The molecule has 1 aliphatic carbocycles. The number of hydrogen-bond donors (Lipinski definition) is 1. The number of rotatable bonds is 4. The van der Waals surface area contributed by atoms with Crippen molar-refractivity contribution in [2.24, 2.45) is 0 Å². The average molecular weight is 369 g/mol. The molecule has 138 valence electrons. The normalized spacial score (nSPS) is 15.6. The standard InChI is InChI=1S/C19H17F2N5O/c20-14-5-3-4-13(10-14)19(8-1-2-9-19)18(27)23-17-11-15(6-7-16(17)21)26-12-22-24-25-26/h3-7,10-12H,1-2,8-9H2,(H,23,27). The summed E-state index contributed by atoms with van der Waals surface area (Å²) in [7, 11) is 0.